The molecular weight excluding hydrogens is 446 g/mol. The zero-order valence-corrected chi connectivity index (χ0v) is 19.7. The van der Waals surface area contributed by atoms with Gasteiger partial charge < -0.3 is 5.32 Å². The first kappa shape index (κ1) is 22.4. The topological polar surface area (TPSA) is 81.3 Å². The molecule has 4 aromatic rings. The van der Waals surface area contributed by atoms with E-state index < -0.39 is 0 Å². The van der Waals surface area contributed by atoms with Crippen LogP contribution in [0.15, 0.2) is 52.4 Å². The van der Waals surface area contributed by atoms with Gasteiger partial charge in [0.15, 0.2) is 5.16 Å². The molecule has 0 atom stereocenters. The molecule has 0 saturated heterocycles. The first-order chi connectivity index (χ1) is 15.3. The fourth-order valence-corrected chi connectivity index (χ4v) is 4.56. The van der Waals surface area contributed by atoms with E-state index in [1.54, 1.807) is 30.0 Å². The summed E-state index contributed by atoms with van der Waals surface area (Å²) >= 11 is 7.73. The van der Waals surface area contributed by atoms with Crippen LogP contribution in [0.4, 0.5) is 0 Å². The van der Waals surface area contributed by atoms with Crippen LogP contribution < -0.4 is 10.9 Å². The van der Waals surface area contributed by atoms with Crippen molar-refractivity contribution in [2.24, 2.45) is 0 Å². The molecule has 0 spiro atoms. The highest BCUT2D eigenvalue weighted by molar-refractivity contribution is 7.98. The Bertz CT molecular complexity index is 1340. The molecule has 9 heteroatoms. The minimum Gasteiger partial charge on any atom is -0.354 e. The highest BCUT2D eigenvalue weighted by Gasteiger charge is 2.18. The number of rotatable bonds is 7. The second kappa shape index (κ2) is 9.34. The minimum atomic E-state index is -0.241. The molecule has 0 fully saturated rings. The van der Waals surface area contributed by atoms with Gasteiger partial charge in [0, 0.05) is 29.8 Å². The Hall–Kier alpha value is -2.84. The third-order valence-electron chi connectivity index (χ3n) is 5.03. The number of aryl methyl sites for hydroxylation is 2. The molecule has 0 aliphatic carbocycles. The number of amides is 1. The number of halogens is 1. The van der Waals surface area contributed by atoms with Crippen LogP contribution in [0.3, 0.4) is 0 Å². The first-order valence-electron chi connectivity index (χ1n) is 10.4. The summed E-state index contributed by atoms with van der Waals surface area (Å²) in [6.07, 6.45) is 0.165. The van der Waals surface area contributed by atoms with Crippen molar-refractivity contribution in [3.8, 4) is 0 Å². The number of fused-ring (bicyclic) bond motifs is 3. The van der Waals surface area contributed by atoms with Crippen molar-refractivity contribution < 1.29 is 4.79 Å². The Morgan fingerprint density at radius 2 is 1.91 bits per heavy atom. The van der Waals surface area contributed by atoms with E-state index >= 15 is 0 Å². The standard InChI is InChI=1S/C23H24ClN5O2S/c1-14(2)25-20(30)10-11-28-21(31)18-12-17(24)8-9-19(18)29-22(28)26-27-23(29)32-13-16-6-4-15(3)5-7-16/h4-9,12,14H,10-11,13H2,1-3H3,(H,25,30). The SMILES string of the molecule is Cc1ccc(CSc2nnc3n(CCC(=O)NC(C)C)c(=O)c4cc(Cl)ccc4n23)cc1. The van der Waals surface area contributed by atoms with Crippen LogP contribution in [0, 0.1) is 6.92 Å². The zero-order valence-electron chi connectivity index (χ0n) is 18.1. The average molecular weight is 470 g/mol. The summed E-state index contributed by atoms with van der Waals surface area (Å²) < 4.78 is 3.37. The van der Waals surface area contributed by atoms with E-state index in [0.717, 1.165) is 0 Å². The van der Waals surface area contributed by atoms with E-state index in [2.05, 4.69) is 46.7 Å². The molecule has 1 N–H and O–H groups in total. The number of hydrogen-bond donors (Lipinski definition) is 1. The molecule has 2 heterocycles. The fourth-order valence-electron chi connectivity index (χ4n) is 3.49. The second-order valence-electron chi connectivity index (χ2n) is 7.98. The molecular formula is C23H24ClN5O2S. The number of aromatic nitrogens is 4. The molecule has 0 bridgehead atoms. The lowest BCUT2D eigenvalue weighted by Crippen LogP contribution is -2.32. The van der Waals surface area contributed by atoms with Crippen molar-refractivity contribution in [2.75, 3.05) is 0 Å². The number of hydrogen-bond acceptors (Lipinski definition) is 5. The zero-order chi connectivity index (χ0) is 22.8. The molecule has 0 radical (unpaired) electrons. The highest BCUT2D eigenvalue weighted by Crippen LogP contribution is 2.26. The largest absolute Gasteiger partial charge is 0.354 e. The van der Waals surface area contributed by atoms with Gasteiger partial charge in [-0.2, -0.15) is 0 Å². The monoisotopic (exact) mass is 469 g/mol. The predicted molar refractivity (Wildman–Crippen MR) is 128 cm³/mol. The van der Waals surface area contributed by atoms with Crippen molar-refractivity contribution >= 4 is 46.0 Å². The van der Waals surface area contributed by atoms with Crippen LogP contribution in [0.2, 0.25) is 5.02 Å². The third kappa shape index (κ3) is 4.66. The van der Waals surface area contributed by atoms with Gasteiger partial charge in [-0.05, 0) is 44.5 Å². The number of carbonyl (C=O) groups is 1. The van der Waals surface area contributed by atoms with Crippen LogP contribution in [0.25, 0.3) is 16.7 Å². The van der Waals surface area contributed by atoms with E-state index in [1.165, 1.54) is 15.7 Å². The van der Waals surface area contributed by atoms with E-state index in [4.69, 9.17) is 11.6 Å². The maximum Gasteiger partial charge on any atom is 0.262 e. The molecule has 2 aromatic heterocycles. The van der Waals surface area contributed by atoms with E-state index in [9.17, 15) is 9.59 Å². The highest BCUT2D eigenvalue weighted by atomic mass is 35.5. The normalized spacial score (nSPS) is 11.5. The van der Waals surface area contributed by atoms with Crippen LogP contribution in [0.1, 0.15) is 31.4 Å². The maximum absolute atomic E-state index is 13.2. The van der Waals surface area contributed by atoms with Gasteiger partial charge >= 0.3 is 0 Å². The minimum absolute atomic E-state index is 0.0347. The van der Waals surface area contributed by atoms with Crippen molar-refractivity contribution in [3.63, 3.8) is 0 Å². The van der Waals surface area contributed by atoms with Crippen molar-refractivity contribution in [3.05, 3.63) is 69.0 Å². The summed E-state index contributed by atoms with van der Waals surface area (Å²) in [6.45, 7) is 6.05. The summed E-state index contributed by atoms with van der Waals surface area (Å²) in [5, 5.41) is 13.1. The van der Waals surface area contributed by atoms with Gasteiger partial charge in [-0.1, -0.05) is 53.2 Å². The van der Waals surface area contributed by atoms with Crippen molar-refractivity contribution in [1.82, 2.24) is 24.5 Å². The summed E-state index contributed by atoms with van der Waals surface area (Å²) in [6, 6.07) is 13.6. The Morgan fingerprint density at radius 3 is 2.62 bits per heavy atom. The maximum atomic E-state index is 13.2. The number of thioether (sulfide) groups is 1. The number of nitrogens with one attached hydrogen (secondary N) is 1. The van der Waals surface area contributed by atoms with E-state index in [0.29, 0.717) is 32.6 Å². The van der Waals surface area contributed by atoms with Gasteiger partial charge in [0.25, 0.3) is 5.56 Å². The molecule has 2 aromatic carbocycles. The van der Waals surface area contributed by atoms with Gasteiger partial charge in [0.05, 0.1) is 10.9 Å². The molecule has 1 amide bonds. The molecule has 7 nitrogen and oxygen atoms in total. The quantitative estimate of drug-likeness (QED) is 0.410. The summed E-state index contributed by atoms with van der Waals surface area (Å²) in [5.41, 5.74) is 2.83. The second-order valence-corrected chi connectivity index (χ2v) is 9.36. The van der Waals surface area contributed by atoms with E-state index in [-0.39, 0.29) is 30.5 Å². The lowest BCUT2D eigenvalue weighted by Gasteiger charge is -2.12. The molecule has 166 valence electrons. The van der Waals surface area contributed by atoms with Crippen molar-refractivity contribution in [2.45, 2.75) is 50.7 Å². The smallest absolute Gasteiger partial charge is 0.262 e. The first-order valence-corrected chi connectivity index (χ1v) is 11.7. The lowest BCUT2D eigenvalue weighted by molar-refractivity contribution is -0.121. The Morgan fingerprint density at radius 1 is 1.16 bits per heavy atom. The van der Waals surface area contributed by atoms with Crippen LogP contribution in [-0.2, 0) is 17.1 Å². The summed E-state index contributed by atoms with van der Waals surface area (Å²) in [7, 11) is 0. The fraction of sp³-hybridized carbons (Fsp3) is 0.304. The van der Waals surface area contributed by atoms with Crippen molar-refractivity contribution in [1.29, 1.82) is 0 Å². The Kier molecular flexibility index (Phi) is 6.53. The van der Waals surface area contributed by atoms with Gasteiger partial charge in [-0.15, -0.1) is 10.2 Å². The number of benzene rings is 2. The molecule has 0 unspecified atom stereocenters. The number of nitrogens with zero attached hydrogens (tertiary/aromatic N) is 4. The molecule has 0 aliphatic rings. The van der Waals surface area contributed by atoms with Crippen LogP contribution in [-0.4, -0.2) is 31.1 Å². The molecule has 4 rings (SSSR count). The van der Waals surface area contributed by atoms with Gasteiger partial charge in [-0.25, -0.2) is 0 Å². The molecule has 0 aliphatic heterocycles. The van der Waals surface area contributed by atoms with Gasteiger partial charge in [0.1, 0.15) is 0 Å². The Balaban J connectivity index is 1.75. The average Bonchev–Trinajstić information content (AvgIpc) is 3.16. The Labute approximate surface area is 194 Å². The number of carbonyl (C=O) groups excluding carboxylic acids is 1. The van der Waals surface area contributed by atoms with Gasteiger partial charge in [-0.3, -0.25) is 18.6 Å². The summed E-state index contributed by atoms with van der Waals surface area (Å²) in [5.74, 6) is 1.00. The molecule has 0 saturated carbocycles. The van der Waals surface area contributed by atoms with E-state index in [1.807, 2.05) is 18.2 Å². The summed E-state index contributed by atoms with van der Waals surface area (Å²) in [4.78, 5) is 25.4. The van der Waals surface area contributed by atoms with Gasteiger partial charge in [0.2, 0.25) is 11.7 Å². The molecule has 32 heavy (non-hydrogen) atoms. The van der Waals surface area contributed by atoms with Crippen LogP contribution >= 0.6 is 23.4 Å². The predicted octanol–water partition coefficient (Wildman–Crippen LogP) is 4.21. The lowest BCUT2D eigenvalue weighted by atomic mass is 10.2. The third-order valence-corrected chi connectivity index (χ3v) is 6.27. The van der Waals surface area contributed by atoms with Crippen LogP contribution in [0.5, 0.6) is 0 Å².